The molecule has 0 aromatic rings. The van der Waals surface area contributed by atoms with Gasteiger partial charge in [-0.3, -0.25) is 0 Å². The molecule has 21 heavy (non-hydrogen) atoms. The van der Waals surface area contributed by atoms with Crippen molar-refractivity contribution in [1.82, 2.24) is 9.57 Å². The normalized spacial score (nSPS) is 27.9. The van der Waals surface area contributed by atoms with E-state index in [2.05, 4.69) is 11.4 Å². The Morgan fingerprint density at radius 1 is 1.52 bits per heavy atom. The number of halogens is 3. The molecule has 0 saturated carbocycles. The number of aliphatic hydroxyl groups excluding tert-OH is 2. The molecule has 0 aromatic carbocycles. The summed E-state index contributed by atoms with van der Waals surface area (Å²) in [6, 6.07) is 0. The number of ether oxygens (including phenoxy) is 1. The van der Waals surface area contributed by atoms with Crippen LogP contribution in [-0.4, -0.2) is 70.5 Å². The number of alkyl halides is 3. The molecule has 1 rings (SSSR count). The first-order valence-electron chi connectivity index (χ1n) is 6.48. The van der Waals surface area contributed by atoms with Crippen LogP contribution >= 0.6 is 11.8 Å². The van der Waals surface area contributed by atoms with E-state index >= 15 is 0 Å². The standard InChI is InChI=1S/C12H20F3N2O3S/c1-4-17(3)11(16-2)21-9-6-7(18)5-8(20-9)10(19)12(13,14)15/h7-10,18-19H,2,4-6H2,1,3H3/q+1. The maximum atomic E-state index is 12.5. The summed E-state index contributed by atoms with van der Waals surface area (Å²) in [5.41, 5.74) is -0.717. The molecule has 1 saturated heterocycles. The molecule has 122 valence electrons. The quantitative estimate of drug-likeness (QED) is 0.451. The minimum absolute atomic E-state index is 0.169. The maximum absolute atomic E-state index is 12.5. The molecule has 0 bridgehead atoms. The highest BCUT2D eigenvalue weighted by molar-refractivity contribution is 8.14. The number of thioether (sulfide) groups is 1. The first-order valence-corrected chi connectivity index (χ1v) is 7.36. The summed E-state index contributed by atoms with van der Waals surface area (Å²) < 4.78 is 46.7. The minimum atomic E-state index is -4.78. The summed E-state index contributed by atoms with van der Waals surface area (Å²) in [5, 5.41) is 19.5. The highest BCUT2D eigenvalue weighted by Crippen LogP contribution is 2.34. The molecule has 0 aromatic heterocycles. The summed E-state index contributed by atoms with van der Waals surface area (Å²) >= 11 is 1.09. The van der Waals surface area contributed by atoms with Crippen LogP contribution in [0.4, 0.5) is 13.2 Å². The van der Waals surface area contributed by atoms with Gasteiger partial charge in [-0.1, -0.05) is 0 Å². The maximum Gasteiger partial charge on any atom is 0.416 e. The van der Waals surface area contributed by atoms with Crippen molar-refractivity contribution in [2.75, 3.05) is 13.6 Å². The van der Waals surface area contributed by atoms with Gasteiger partial charge in [0.1, 0.15) is 5.44 Å². The molecule has 1 heterocycles. The van der Waals surface area contributed by atoms with Crippen LogP contribution in [0.3, 0.4) is 0 Å². The molecule has 2 N–H and O–H groups in total. The van der Waals surface area contributed by atoms with Gasteiger partial charge in [-0.15, -0.1) is 0 Å². The Morgan fingerprint density at radius 3 is 2.62 bits per heavy atom. The summed E-state index contributed by atoms with van der Waals surface area (Å²) in [6.07, 6.45) is -9.92. The third-order valence-corrected chi connectivity index (χ3v) is 4.37. The lowest BCUT2D eigenvalue weighted by Gasteiger charge is -2.35. The van der Waals surface area contributed by atoms with E-state index in [9.17, 15) is 23.4 Å². The number of nitrogens with zero attached hydrogens (tertiary/aromatic N) is 2. The Kier molecular flexibility index (Phi) is 6.55. The molecular weight excluding hydrogens is 309 g/mol. The lowest BCUT2D eigenvalue weighted by molar-refractivity contribution is -0.248. The number of aliphatic hydroxyl groups is 2. The van der Waals surface area contributed by atoms with Gasteiger partial charge < -0.3 is 14.9 Å². The van der Waals surface area contributed by atoms with Gasteiger partial charge in [-0.25, -0.2) is 9.57 Å². The first-order chi connectivity index (χ1) is 9.68. The molecular formula is C12H20F3N2O3S+. The van der Waals surface area contributed by atoms with Crippen molar-refractivity contribution in [3.8, 4) is 0 Å². The Hall–Kier alpha value is -0.730. The molecule has 4 atom stereocenters. The van der Waals surface area contributed by atoms with E-state index in [0.717, 1.165) is 11.8 Å². The van der Waals surface area contributed by atoms with Crippen molar-refractivity contribution in [3.05, 3.63) is 0 Å². The monoisotopic (exact) mass is 329 g/mol. The zero-order valence-corrected chi connectivity index (χ0v) is 12.7. The van der Waals surface area contributed by atoms with Crippen LogP contribution in [0, 0.1) is 0 Å². The van der Waals surface area contributed by atoms with Crippen LogP contribution in [0.15, 0.2) is 0 Å². The van der Waals surface area contributed by atoms with Crippen LogP contribution in [0.1, 0.15) is 19.8 Å². The zero-order chi connectivity index (χ0) is 16.2. The average molecular weight is 329 g/mol. The topological polar surface area (TPSA) is 67.0 Å². The summed E-state index contributed by atoms with van der Waals surface area (Å²) in [5.74, 6) is 0. The fourth-order valence-corrected chi connectivity index (χ4v) is 3.02. The third kappa shape index (κ3) is 5.19. The molecule has 0 radical (unpaired) electrons. The number of hydrogen-bond donors (Lipinski definition) is 2. The van der Waals surface area contributed by atoms with Gasteiger partial charge >= 0.3 is 11.3 Å². The van der Waals surface area contributed by atoms with Crippen molar-refractivity contribution in [3.63, 3.8) is 0 Å². The Bertz CT molecular complexity index is 402. The number of amidine groups is 1. The van der Waals surface area contributed by atoms with Gasteiger partial charge in [0.05, 0.1) is 25.8 Å². The molecule has 5 nitrogen and oxygen atoms in total. The van der Waals surface area contributed by atoms with E-state index in [1.54, 1.807) is 11.9 Å². The summed E-state index contributed by atoms with van der Waals surface area (Å²) in [4.78, 5) is 1.76. The fraction of sp³-hybridized carbons (Fsp3) is 0.833. The second kappa shape index (κ2) is 7.51. The van der Waals surface area contributed by atoms with Crippen LogP contribution in [0.25, 0.3) is 0 Å². The average Bonchev–Trinajstić information content (AvgIpc) is 2.41. The second-order valence-electron chi connectivity index (χ2n) is 4.79. The second-order valence-corrected chi connectivity index (χ2v) is 5.92. The van der Waals surface area contributed by atoms with E-state index in [0.29, 0.717) is 11.7 Å². The lowest BCUT2D eigenvalue weighted by Crippen LogP contribution is -2.48. The van der Waals surface area contributed by atoms with E-state index in [4.69, 9.17) is 4.74 Å². The van der Waals surface area contributed by atoms with Gasteiger partial charge in [-0.2, -0.15) is 13.2 Å². The van der Waals surface area contributed by atoms with Gasteiger partial charge in [0.25, 0.3) is 0 Å². The summed E-state index contributed by atoms with van der Waals surface area (Å²) in [7, 11) is 1.76. The molecule has 0 spiro atoms. The van der Waals surface area contributed by atoms with E-state index in [1.165, 1.54) is 0 Å². The van der Waals surface area contributed by atoms with Crippen LogP contribution in [0.5, 0.6) is 0 Å². The van der Waals surface area contributed by atoms with Crippen molar-refractivity contribution in [2.24, 2.45) is 0 Å². The van der Waals surface area contributed by atoms with Crippen molar-refractivity contribution < 1.29 is 28.1 Å². The molecule has 4 unspecified atom stereocenters. The van der Waals surface area contributed by atoms with Gasteiger partial charge in [0.2, 0.25) is 0 Å². The zero-order valence-electron chi connectivity index (χ0n) is 11.9. The molecule has 1 aliphatic rings. The van der Waals surface area contributed by atoms with Crippen molar-refractivity contribution in [1.29, 1.82) is 0 Å². The van der Waals surface area contributed by atoms with E-state index in [-0.39, 0.29) is 12.8 Å². The first kappa shape index (κ1) is 18.3. The van der Waals surface area contributed by atoms with Crippen LogP contribution in [0.2, 0.25) is 0 Å². The Labute approximate surface area is 125 Å². The van der Waals surface area contributed by atoms with E-state index < -0.39 is 29.9 Å². The smallest absolute Gasteiger partial charge is 0.393 e. The third-order valence-electron chi connectivity index (χ3n) is 3.16. The van der Waals surface area contributed by atoms with Crippen molar-refractivity contribution >= 4 is 23.6 Å². The molecule has 1 aliphatic heterocycles. The highest BCUT2D eigenvalue weighted by Gasteiger charge is 2.47. The van der Waals surface area contributed by atoms with Crippen LogP contribution in [-0.2, 0) is 4.74 Å². The fourth-order valence-electron chi connectivity index (χ4n) is 1.88. The Morgan fingerprint density at radius 2 is 2.14 bits per heavy atom. The molecule has 0 aliphatic carbocycles. The summed E-state index contributed by atoms with van der Waals surface area (Å²) in [6.45, 7) is 5.94. The predicted octanol–water partition coefficient (Wildman–Crippen LogP) is 0.584. The van der Waals surface area contributed by atoms with Crippen molar-refractivity contribution in [2.45, 2.75) is 49.7 Å². The van der Waals surface area contributed by atoms with E-state index in [1.807, 2.05) is 6.92 Å². The van der Waals surface area contributed by atoms with Gasteiger partial charge in [-0.05, 0) is 6.92 Å². The minimum Gasteiger partial charge on any atom is -0.393 e. The molecule has 0 amide bonds. The molecule has 1 fully saturated rings. The predicted molar refractivity (Wildman–Crippen MR) is 76.1 cm³/mol. The van der Waals surface area contributed by atoms with Crippen LogP contribution < -0.4 is 4.67 Å². The number of hydrogen-bond acceptors (Lipinski definition) is 4. The Balaban J connectivity index is 2.74. The lowest BCUT2D eigenvalue weighted by atomic mass is 10.0. The SMILES string of the molecule is C=[N+]=C(SC1CC(O)CC(C(O)C(F)(F)F)O1)N(C)CC. The molecule has 9 heteroatoms. The largest absolute Gasteiger partial charge is 0.416 e. The highest BCUT2D eigenvalue weighted by atomic mass is 32.2. The van der Waals surface area contributed by atoms with Gasteiger partial charge in [0.15, 0.2) is 12.8 Å². The van der Waals surface area contributed by atoms with Gasteiger partial charge in [0, 0.05) is 24.6 Å². The number of rotatable bonds is 3.